The number of unbranched alkanes of at least 4 members (excludes halogenated alkanes) is 31. The zero-order valence-corrected chi connectivity index (χ0v) is 53.7. The minimum Gasteiger partial charge on any atom is -0.462 e. The monoisotopic (exact) mass is 1140 g/mol. The standard InChI is InChI=1S/C76H128O6/c1-4-7-10-13-16-19-22-25-27-29-31-33-34-35-36-37-38-39-40-41-42-44-45-47-49-51-54-57-60-63-66-69-75(78)81-72-73(71-80-74(77)68-65-62-59-56-53-24-21-18-15-12-9-6-3)82-76(79)70-67-64-61-58-55-52-50-48-46-43-32-30-28-26-23-20-17-14-11-8-5-2/h7-8,10-11,16-21,25-28,31-33,43,48,50,73H,4-6,9,12-15,22-24,29-30,34-42,44-47,49,51-72H2,1-3H3/b10-7-,11-8-,19-16-,20-17-,21-18-,27-25-,28-26-,33-31-,43-32-,50-48-. The maximum Gasteiger partial charge on any atom is 0.306 e. The van der Waals surface area contributed by atoms with Gasteiger partial charge < -0.3 is 14.2 Å². The average Bonchev–Trinajstić information content (AvgIpc) is 3.47. The van der Waals surface area contributed by atoms with Crippen LogP contribution in [0.15, 0.2) is 122 Å². The van der Waals surface area contributed by atoms with E-state index in [9.17, 15) is 14.4 Å². The Bertz CT molecular complexity index is 1690. The van der Waals surface area contributed by atoms with Crippen molar-refractivity contribution >= 4 is 17.9 Å². The van der Waals surface area contributed by atoms with E-state index in [0.29, 0.717) is 19.3 Å². The molecule has 0 aromatic rings. The number of carbonyl (C=O) groups excluding carboxylic acids is 3. The molecule has 0 aromatic carbocycles. The molecule has 0 aromatic heterocycles. The summed E-state index contributed by atoms with van der Waals surface area (Å²) in [5.74, 6) is -0.907. The molecule has 0 bridgehead atoms. The number of esters is 3. The van der Waals surface area contributed by atoms with Gasteiger partial charge in [0, 0.05) is 19.3 Å². The highest BCUT2D eigenvalue weighted by atomic mass is 16.6. The first-order valence-electron chi connectivity index (χ1n) is 34.5. The lowest BCUT2D eigenvalue weighted by Gasteiger charge is -2.18. The van der Waals surface area contributed by atoms with Crippen LogP contribution in [-0.2, 0) is 28.6 Å². The fraction of sp³-hybridized carbons (Fsp3) is 0.697. The lowest BCUT2D eigenvalue weighted by atomic mass is 10.0. The number of carbonyl (C=O) groups is 3. The molecule has 6 heteroatoms. The van der Waals surface area contributed by atoms with E-state index in [2.05, 4.69) is 142 Å². The molecule has 0 aliphatic heterocycles. The van der Waals surface area contributed by atoms with Gasteiger partial charge in [0.15, 0.2) is 6.10 Å². The molecular formula is C76H128O6. The van der Waals surface area contributed by atoms with Crippen LogP contribution in [-0.4, -0.2) is 37.2 Å². The number of allylic oxidation sites excluding steroid dienone is 20. The SMILES string of the molecule is CC/C=C\C/C=C\C/C=C\C/C=C\C/C=C\CCCCCCCC(=O)OC(COC(=O)CCCCCCC/C=C\CCCCC)COC(=O)CCCCCCCCCCCCCCCCCCCC/C=C\C/C=C\C/C=C\C/C=C\CC. The van der Waals surface area contributed by atoms with Crippen molar-refractivity contribution in [1.29, 1.82) is 0 Å². The van der Waals surface area contributed by atoms with Crippen molar-refractivity contribution in [3.05, 3.63) is 122 Å². The predicted octanol–water partition coefficient (Wildman–Crippen LogP) is 23.9. The molecule has 0 aliphatic rings. The van der Waals surface area contributed by atoms with Gasteiger partial charge in [0.1, 0.15) is 13.2 Å². The Labute approximate surface area is 507 Å². The Balaban J connectivity index is 4.24. The van der Waals surface area contributed by atoms with E-state index in [4.69, 9.17) is 14.2 Å². The van der Waals surface area contributed by atoms with Crippen molar-refractivity contribution in [2.45, 2.75) is 329 Å². The van der Waals surface area contributed by atoms with Gasteiger partial charge in [-0.1, -0.05) is 296 Å². The van der Waals surface area contributed by atoms with E-state index in [1.165, 1.54) is 141 Å². The van der Waals surface area contributed by atoms with Crippen LogP contribution < -0.4 is 0 Å². The van der Waals surface area contributed by atoms with Gasteiger partial charge >= 0.3 is 17.9 Å². The second-order valence-corrected chi connectivity index (χ2v) is 22.7. The summed E-state index contributed by atoms with van der Waals surface area (Å²) < 4.78 is 16.9. The van der Waals surface area contributed by atoms with Gasteiger partial charge in [-0.3, -0.25) is 14.4 Å². The summed E-state index contributed by atoms with van der Waals surface area (Å²) in [5, 5.41) is 0. The van der Waals surface area contributed by atoms with E-state index in [1.54, 1.807) is 0 Å². The van der Waals surface area contributed by atoms with E-state index >= 15 is 0 Å². The van der Waals surface area contributed by atoms with E-state index in [1.807, 2.05) is 0 Å². The molecule has 6 nitrogen and oxygen atoms in total. The van der Waals surface area contributed by atoms with Crippen LogP contribution in [0.4, 0.5) is 0 Å². The number of hydrogen-bond acceptors (Lipinski definition) is 6. The van der Waals surface area contributed by atoms with Crippen molar-refractivity contribution in [1.82, 2.24) is 0 Å². The molecule has 0 radical (unpaired) electrons. The summed E-state index contributed by atoms with van der Waals surface area (Å²) in [5.41, 5.74) is 0. The highest BCUT2D eigenvalue weighted by Crippen LogP contribution is 2.17. The molecule has 0 aliphatic carbocycles. The van der Waals surface area contributed by atoms with E-state index in [-0.39, 0.29) is 31.1 Å². The van der Waals surface area contributed by atoms with E-state index in [0.717, 1.165) is 141 Å². The Morgan fingerprint density at radius 1 is 0.256 bits per heavy atom. The van der Waals surface area contributed by atoms with Crippen molar-refractivity contribution in [2.24, 2.45) is 0 Å². The zero-order valence-electron chi connectivity index (χ0n) is 53.7. The van der Waals surface area contributed by atoms with Crippen LogP contribution >= 0.6 is 0 Å². The third-order valence-electron chi connectivity index (χ3n) is 14.7. The van der Waals surface area contributed by atoms with Crippen LogP contribution in [0.3, 0.4) is 0 Å². The van der Waals surface area contributed by atoms with Crippen molar-refractivity contribution in [3.63, 3.8) is 0 Å². The Morgan fingerprint density at radius 2 is 0.476 bits per heavy atom. The van der Waals surface area contributed by atoms with Gasteiger partial charge in [-0.2, -0.15) is 0 Å². The van der Waals surface area contributed by atoms with Crippen LogP contribution in [0, 0.1) is 0 Å². The molecule has 0 amide bonds. The minimum atomic E-state index is -0.794. The van der Waals surface area contributed by atoms with E-state index < -0.39 is 6.10 Å². The lowest BCUT2D eigenvalue weighted by molar-refractivity contribution is -0.167. The first-order chi connectivity index (χ1) is 40.5. The Morgan fingerprint density at radius 3 is 0.756 bits per heavy atom. The van der Waals surface area contributed by atoms with Gasteiger partial charge in [-0.25, -0.2) is 0 Å². The molecule has 82 heavy (non-hydrogen) atoms. The third-order valence-corrected chi connectivity index (χ3v) is 14.7. The average molecular weight is 1140 g/mol. The number of hydrogen-bond donors (Lipinski definition) is 0. The minimum absolute atomic E-state index is 0.0880. The highest BCUT2D eigenvalue weighted by Gasteiger charge is 2.19. The highest BCUT2D eigenvalue weighted by molar-refractivity contribution is 5.71. The van der Waals surface area contributed by atoms with Gasteiger partial charge in [-0.05, 0) is 128 Å². The maximum absolute atomic E-state index is 12.9. The summed E-state index contributed by atoms with van der Waals surface area (Å²) in [7, 11) is 0. The third kappa shape index (κ3) is 66.6. The van der Waals surface area contributed by atoms with Crippen molar-refractivity contribution in [3.8, 4) is 0 Å². The first-order valence-corrected chi connectivity index (χ1v) is 34.5. The molecule has 0 spiro atoms. The summed E-state index contributed by atoms with van der Waals surface area (Å²) >= 11 is 0. The van der Waals surface area contributed by atoms with Crippen LogP contribution in [0.2, 0.25) is 0 Å². The summed E-state index contributed by atoms with van der Waals surface area (Å²) in [4.78, 5) is 38.4. The Hall–Kier alpha value is -4.19. The molecule has 0 heterocycles. The topological polar surface area (TPSA) is 78.9 Å². The largest absolute Gasteiger partial charge is 0.462 e. The van der Waals surface area contributed by atoms with Crippen molar-refractivity contribution in [2.75, 3.05) is 13.2 Å². The van der Waals surface area contributed by atoms with Crippen LogP contribution in [0.5, 0.6) is 0 Å². The smallest absolute Gasteiger partial charge is 0.306 e. The molecule has 0 saturated carbocycles. The predicted molar refractivity (Wildman–Crippen MR) is 357 cm³/mol. The number of rotatable bonds is 62. The molecule has 0 fully saturated rings. The van der Waals surface area contributed by atoms with Gasteiger partial charge in [-0.15, -0.1) is 0 Å². The zero-order chi connectivity index (χ0) is 59.2. The summed E-state index contributed by atoms with van der Waals surface area (Å²) in [6.07, 6.45) is 96.6. The van der Waals surface area contributed by atoms with Crippen molar-refractivity contribution < 1.29 is 28.6 Å². The van der Waals surface area contributed by atoms with Gasteiger partial charge in [0.25, 0.3) is 0 Å². The lowest BCUT2D eigenvalue weighted by Crippen LogP contribution is -2.30. The fourth-order valence-corrected chi connectivity index (χ4v) is 9.57. The van der Waals surface area contributed by atoms with Gasteiger partial charge in [0.2, 0.25) is 0 Å². The summed E-state index contributed by atoms with van der Waals surface area (Å²) in [6.45, 7) is 6.39. The first kappa shape index (κ1) is 77.8. The summed E-state index contributed by atoms with van der Waals surface area (Å²) in [6, 6.07) is 0. The Kier molecular flexibility index (Phi) is 65.8. The second-order valence-electron chi connectivity index (χ2n) is 22.7. The van der Waals surface area contributed by atoms with Gasteiger partial charge in [0.05, 0.1) is 0 Å². The van der Waals surface area contributed by atoms with Crippen LogP contribution in [0.25, 0.3) is 0 Å². The fourth-order valence-electron chi connectivity index (χ4n) is 9.57. The molecule has 0 N–H and O–H groups in total. The normalized spacial score (nSPS) is 12.9. The molecule has 0 rings (SSSR count). The quantitative estimate of drug-likeness (QED) is 0.0261. The molecule has 1 unspecified atom stereocenters. The van der Waals surface area contributed by atoms with Crippen LogP contribution in [0.1, 0.15) is 323 Å². The molecular weight excluding hydrogens is 1010 g/mol. The molecule has 0 saturated heterocycles. The molecule has 1 atom stereocenters. The molecule has 468 valence electrons. The number of ether oxygens (including phenoxy) is 3. The second kappa shape index (κ2) is 69.3. The maximum atomic E-state index is 12.9.